The van der Waals surface area contributed by atoms with Crippen molar-refractivity contribution in [3.8, 4) is 0 Å². The van der Waals surface area contributed by atoms with Crippen LogP contribution in [0.2, 0.25) is 0 Å². The Morgan fingerprint density at radius 1 is 1.30 bits per heavy atom. The highest BCUT2D eigenvalue weighted by Gasteiger charge is 2.16. The largest absolute Gasteiger partial charge is 0.444 e. The number of anilines is 2. The van der Waals surface area contributed by atoms with Crippen LogP contribution in [0.1, 0.15) is 39.3 Å². The number of rotatable bonds is 4. The second-order valence-electron chi connectivity index (χ2n) is 6.37. The molecule has 0 saturated carbocycles. The fraction of sp³-hybridized carbons (Fsp3) is 0.438. The molecule has 0 aliphatic carbocycles. The van der Waals surface area contributed by atoms with Crippen molar-refractivity contribution in [3.05, 3.63) is 36.3 Å². The van der Waals surface area contributed by atoms with Gasteiger partial charge in [0.05, 0.1) is 24.1 Å². The van der Waals surface area contributed by atoms with Gasteiger partial charge < -0.3 is 10.1 Å². The molecular weight excluding hydrogens is 294 g/mol. The first-order valence-corrected chi connectivity index (χ1v) is 7.44. The average molecular weight is 317 g/mol. The van der Waals surface area contributed by atoms with E-state index in [0.717, 1.165) is 11.3 Å². The Bertz CT molecular complexity index is 658. The molecule has 0 bridgehead atoms. The van der Waals surface area contributed by atoms with E-state index in [4.69, 9.17) is 4.74 Å². The number of amides is 1. The zero-order valence-corrected chi connectivity index (χ0v) is 14.1. The number of aromatic nitrogens is 3. The summed E-state index contributed by atoms with van der Waals surface area (Å²) >= 11 is 0. The van der Waals surface area contributed by atoms with Gasteiger partial charge in [-0.1, -0.05) is 0 Å². The van der Waals surface area contributed by atoms with Gasteiger partial charge in [0.25, 0.3) is 0 Å². The monoisotopic (exact) mass is 317 g/mol. The standard InChI is InChI=1S/C16H23N5O2/c1-11(12-8-18-21(5)10-12)19-13-6-7-14(17-9-13)20-15(22)23-16(2,3)4/h6-11,19H,1-5H3,(H,17,20,22). The third-order valence-electron chi connectivity index (χ3n) is 3.00. The predicted molar refractivity (Wildman–Crippen MR) is 89.3 cm³/mol. The van der Waals surface area contributed by atoms with Crippen LogP contribution in [-0.4, -0.2) is 26.5 Å². The summed E-state index contributed by atoms with van der Waals surface area (Å²) in [6.07, 6.45) is 4.93. The van der Waals surface area contributed by atoms with Gasteiger partial charge >= 0.3 is 6.09 Å². The van der Waals surface area contributed by atoms with Crippen LogP contribution in [-0.2, 0) is 11.8 Å². The van der Waals surface area contributed by atoms with Crippen LogP contribution in [0, 0.1) is 0 Å². The topological polar surface area (TPSA) is 81.1 Å². The number of ether oxygens (including phenoxy) is 1. The van der Waals surface area contributed by atoms with Crippen LogP contribution in [0.4, 0.5) is 16.3 Å². The van der Waals surface area contributed by atoms with Gasteiger partial charge in [0.1, 0.15) is 11.4 Å². The molecule has 7 nitrogen and oxygen atoms in total. The van der Waals surface area contributed by atoms with E-state index in [1.165, 1.54) is 0 Å². The maximum absolute atomic E-state index is 11.7. The van der Waals surface area contributed by atoms with Crippen LogP contribution < -0.4 is 10.6 Å². The molecule has 2 N–H and O–H groups in total. The first-order chi connectivity index (χ1) is 10.7. The lowest BCUT2D eigenvalue weighted by Crippen LogP contribution is -2.27. The van der Waals surface area contributed by atoms with Gasteiger partial charge in [0.15, 0.2) is 0 Å². The molecule has 2 rings (SSSR count). The molecule has 0 aromatic carbocycles. The lowest BCUT2D eigenvalue weighted by molar-refractivity contribution is 0.0635. The van der Waals surface area contributed by atoms with Gasteiger partial charge in [-0.2, -0.15) is 5.10 Å². The summed E-state index contributed by atoms with van der Waals surface area (Å²) in [4.78, 5) is 15.9. The Kier molecular flexibility index (Phi) is 4.88. The molecule has 0 spiro atoms. The third kappa shape index (κ3) is 5.28. The van der Waals surface area contributed by atoms with Crippen LogP contribution >= 0.6 is 0 Å². The molecule has 1 atom stereocenters. The first-order valence-electron chi connectivity index (χ1n) is 7.44. The lowest BCUT2D eigenvalue weighted by atomic mass is 10.2. The molecule has 0 aliphatic rings. The summed E-state index contributed by atoms with van der Waals surface area (Å²) in [6.45, 7) is 7.48. The molecule has 1 amide bonds. The van der Waals surface area contributed by atoms with Gasteiger partial charge in [-0.25, -0.2) is 9.78 Å². The second-order valence-corrected chi connectivity index (χ2v) is 6.37. The minimum Gasteiger partial charge on any atom is -0.444 e. The zero-order valence-electron chi connectivity index (χ0n) is 14.1. The van der Waals surface area contributed by atoms with Gasteiger partial charge in [0.2, 0.25) is 0 Å². The molecule has 0 radical (unpaired) electrons. The van der Waals surface area contributed by atoms with Crippen molar-refractivity contribution in [3.63, 3.8) is 0 Å². The average Bonchev–Trinajstić information content (AvgIpc) is 2.85. The summed E-state index contributed by atoms with van der Waals surface area (Å²) in [5.41, 5.74) is 1.41. The summed E-state index contributed by atoms with van der Waals surface area (Å²) < 4.78 is 6.95. The zero-order chi connectivity index (χ0) is 17.0. The molecule has 0 saturated heterocycles. The maximum atomic E-state index is 11.7. The minimum absolute atomic E-state index is 0.107. The van der Waals surface area contributed by atoms with Gasteiger partial charge in [-0.15, -0.1) is 0 Å². The molecule has 1 unspecified atom stereocenters. The van der Waals surface area contributed by atoms with E-state index in [1.807, 2.05) is 53.2 Å². The first kappa shape index (κ1) is 16.8. The highest BCUT2D eigenvalue weighted by molar-refractivity contribution is 5.83. The third-order valence-corrected chi connectivity index (χ3v) is 3.00. The summed E-state index contributed by atoms with van der Waals surface area (Å²) in [5.74, 6) is 0.443. The highest BCUT2D eigenvalue weighted by atomic mass is 16.6. The van der Waals surface area contributed by atoms with E-state index in [-0.39, 0.29) is 6.04 Å². The Balaban J connectivity index is 1.93. The number of carbonyl (C=O) groups is 1. The van der Waals surface area contributed by atoms with Crippen molar-refractivity contribution in [2.75, 3.05) is 10.6 Å². The second kappa shape index (κ2) is 6.68. The summed E-state index contributed by atoms with van der Waals surface area (Å²) in [5, 5.41) is 10.1. The molecular formula is C16H23N5O2. The number of nitrogens with one attached hydrogen (secondary N) is 2. The Labute approximate surface area is 136 Å². The fourth-order valence-corrected chi connectivity index (χ4v) is 1.96. The van der Waals surface area contributed by atoms with Crippen molar-refractivity contribution < 1.29 is 9.53 Å². The van der Waals surface area contributed by atoms with E-state index < -0.39 is 11.7 Å². The van der Waals surface area contributed by atoms with Crippen molar-refractivity contribution in [1.82, 2.24) is 14.8 Å². The SMILES string of the molecule is CC(Nc1ccc(NC(=O)OC(C)(C)C)nc1)c1cnn(C)c1. The van der Waals surface area contributed by atoms with Crippen molar-refractivity contribution in [1.29, 1.82) is 0 Å². The van der Waals surface area contributed by atoms with Crippen LogP contribution in [0.5, 0.6) is 0 Å². The van der Waals surface area contributed by atoms with Gasteiger partial charge in [-0.05, 0) is 39.8 Å². The summed E-state index contributed by atoms with van der Waals surface area (Å²) in [6, 6.07) is 3.68. The van der Waals surface area contributed by atoms with Crippen molar-refractivity contribution in [2.45, 2.75) is 39.3 Å². The van der Waals surface area contributed by atoms with Gasteiger partial charge in [0, 0.05) is 18.8 Å². The maximum Gasteiger partial charge on any atom is 0.413 e. The van der Waals surface area contributed by atoms with Crippen LogP contribution in [0.25, 0.3) is 0 Å². The van der Waals surface area contributed by atoms with E-state index in [2.05, 4.69) is 20.7 Å². The molecule has 0 fully saturated rings. The number of hydrogen-bond acceptors (Lipinski definition) is 5. The number of pyridine rings is 1. The fourth-order valence-electron chi connectivity index (χ4n) is 1.96. The lowest BCUT2D eigenvalue weighted by Gasteiger charge is -2.19. The van der Waals surface area contributed by atoms with Crippen molar-refractivity contribution >= 4 is 17.6 Å². The Hall–Kier alpha value is -2.57. The van der Waals surface area contributed by atoms with E-state index in [0.29, 0.717) is 5.82 Å². The van der Waals surface area contributed by atoms with E-state index in [1.54, 1.807) is 16.9 Å². The number of hydrogen-bond donors (Lipinski definition) is 2. The predicted octanol–water partition coefficient (Wildman–Crippen LogP) is 3.34. The van der Waals surface area contributed by atoms with Gasteiger partial charge in [-0.3, -0.25) is 10.00 Å². The molecule has 7 heteroatoms. The molecule has 23 heavy (non-hydrogen) atoms. The summed E-state index contributed by atoms with van der Waals surface area (Å²) in [7, 11) is 1.88. The van der Waals surface area contributed by atoms with Crippen LogP contribution in [0.15, 0.2) is 30.7 Å². The number of aryl methyl sites for hydroxylation is 1. The smallest absolute Gasteiger partial charge is 0.413 e. The molecule has 124 valence electrons. The molecule has 2 aromatic heterocycles. The van der Waals surface area contributed by atoms with E-state index >= 15 is 0 Å². The van der Waals surface area contributed by atoms with Crippen molar-refractivity contribution in [2.24, 2.45) is 7.05 Å². The Morgan fingerprint density at radius 3 is 2.57 bits per heavy atom. The van der Waals surface area contributed by atoms with E-state index in [9.17, 15) is 4.79 Å². The molecule has 2 aromatic rings. The Morgan fingerprint density at radius 2 is 2.04 bits per heavy atom. The normalized spacial score (nSPS) is 12.6. The molecule has 2 heterocycles. The highest BCUT2D eigenvalue weighted by Crippen LogP contribution is 2.19. The quantitative estimate of drug-likeness (QED) is 0.904. The number of nitrogens with zero attached hydrogens (tertiary/aromatic N) is 3. The number of carbonyl (C=O) groups excluding carboxylic acids is 1. The van der Waals surface area contributed by atoms with Crippen LogP contribution in [0.3, 0.4) is 0 Å². The minimum atomic E-state index is -0.537. The molecule has 0 aliphatic heterocycles.